The maximum atomic E-state index is 12.6. The second kappa shape index (κ2) is 8.25. The van der Waals surface area contributed by atoms with Crippen molar-refractivity contribution in [2.24, 2.45) is 0 Å². The lowest BCUT2D eigenvalue weighted by molar-refractivity contribution is 0.107. The Morgan fingerprint density at radius 2 is 1.65 bits per heavy atom. The average Bonchev–Trinajstić information content (AvgIpc) is 2.39. The van der Waals surface area contributed by atoms with Crippen LogP contribution in [0.15, 0.2) is 53.0 Å². The van der Waals surface area contributed by atoms with Crippen LogP contribution in [0.5, 0.6) is 0 Å². The number of carbonyl (C=O) groups is 2. The minimum atomic E-state index is -0.407. The predicted octanol–water partition coefficient (Wildman–Crippen LogP) is 4.40. The molecule has 0 aromatic heterocycles. The Bertz CT molecular complexity index is 600. The third-order valence-corrected chi connectivity index (χ3v) is 3.27. The molecule has 0 N–H and O–H groups in total. The summed E-state index contributed by atoms with van der Waals surface area (Å²) in [6.45, 7) is 0. The topological polar surface area (TPSA) is 34.1 Å². The summed E-state index contributed by atoms with van der Waals surface area (Å²) in [5.41, 5.74) is 0.833. The summed E-state index contributed by atoms with van der Waals surface area (Å²) in [5.74, 6) is -0.394. The van der Waals surface area contributed by atoms with Gasteiger partial charge in [0.1, 0.15) is 5.82 Å². The van der Waals surface area contributed by atoms with Gasteiger partial charge in [-0.2, -0.15) is 0 Å². The standard InChI is InChI=1S/C7H5BrFOP.C7H5ClO/c8-5-1-4(7(10)11)2-6(9)3-5;8-7(9)6-4-2-1-3-5-6/h1-3H,11H2;1-5H/p+1. The summed E-state index contributed by atoms with van der Waals surface area (Å²) in [7, 11) is 1.21. The zero-order valence-corrected chi connectivity index (χ0v) is 14.0. The van der Waals surface area contributed by atoms with Crippen molar-refractivity contribution in [2.75, 3.05) is 0 Å². The number of hydrogen-bond acceptors (Lipinski definition) is 2. The van der Waals surface area contributed by atoms with E-state index in [0.29, 0.717) is 15.6 Å². The van der Waals surface area contributed by atoms with Gasteiger partial charge in [-0.3, -0.25) is 4.79 Å². The van der Waals surface area contributed by atoms with Crippen LogP contribution in [0.1, 0.15) is 20.7 Å². The van der Waals surface area contributed by atoms with Crippen molar-refractivity contribution in [1.82, 2.24) is 0 Å². The monoisotopic (exact) mass is 375 g/mol. The van der Waals surface area contributed by atoms with Crippen molar-refractivity contribution >= 4 is 47.5 Å². The molecular weight excluding hydrogens is 365 g/mol. The molecule has 0 saturated heterocycles. The number of rotatable bonds is 2. The second-order valence-electron chi connectivity index (χ2n) is 3.72. The van der Waals surface area contributed by atoms with Gasteiger partial charge in [0, 0.05) is 19.3 Å². The Balaban J connectivity index is 0.000000204. The van der Waals surface area contributed by atoms with Gasteiger partial charge in [0.25, 0.3) is 10.8 Å². The van der Waals surface area contributed by atoms with Crippen molar-refractivity contribution in [3.05, 3.63) is 69.9 Å². The third kappa shape index (κ3) is 5.91. The van der Waals surface area contributed by atoms with Gasteiger partial charge in [0.2, 0.25) is 0 Å². The van der Waals surface area contributed by atoms with Crippen molar-refractivity contribution in [2.45, 2.75) is 0 Å². The van der Waals surface area contributed by atoms with E-state index in [9.17, 15) is 14.0 Å². The summed E-state index contributed by atoms with van der Waals surface area (Å²) in [6.07, 6.45) is 0. The van der Waals surface area contributed by atoms with Crippen LogP contribution >= 0.6 is 36.8 Å². The number of benzene rings is 2. The van der Waals surface area contributed by atoms with Crippen molar-refractivity contribution in [3.63, 3.8) is 0 Å². The van der Waals surface area contributed by atoms with Gasteiger partial charge in [-0.1, -0.05) is 46.3 Å². The van der Waals surface area contributed by atoms with Gasteiger partial charge < -0.3 is 0 Å². The summed E-state index contributed by atoms with van der Waals surface area (Å²) >= 11 is 8.26. The molecule has 0 aliphatic heterocycles. The third-order valence-electron chi connectivity index (χ3n) is 2.19. The van der Waals surface area contributed by atoms with Crippen molar-refractivity contribution in [1.29, 1.82) is 0 Å². The van der Waals surface area contributed by atoms with E-state index in [2.05, 4.69) is 15.9 Å². The molecule has 0 heterocycles. The highest BCUT2D eigenvalue weighted by Gasteiger charge is 2.05. The number of carbonyl (C=O) groups excluding carboxylic acids is 2. The smallest absolute Gasteiger partial charge is 0.276 e. The average molecular weight is 377 g/mol. The van der Waals surface area contributed by atoms with Crippen LogP contribution in [0.3, 0.4) is 0 Å². The van der Waals surface area contributed by atoms with E-state index in [0.717, 1.165) is 0 Å². The number of halogens is 3. The lowest BCUT2D eigenvalue weighted by Gasteiger charge is -1.93. The molecule has 0 bridgehead atoms. The maximum absolute atomic E-state index is 12.6. The lowest BCUT2D eigenvalue weighted by atomic mass is 10.2. The van der Waals surface area contributed by atoms with E-state index >= 15 is 0 Å². The van der Waals surface area contributed by atoms with Gasteiger partial charge in [-0.15, -0.1) is 0 Å². The van der Waals surface area contributed by atoms with Crippen LogP contribution < -0.4 is 0 Å². The van der Waals surface area contributed by atoms with E-state index < -0.39 is 11.1 Å². The van der Waals surface area contributed by atoms with Crippen molar-refractivity contribution < 1.29 is 14.0 Å². The molecule has 1 atom stereocenters. The van der Waals surface area contributed by atoms with E-state index in [-0.39, 0.29) is 5.52 Å². The SMILES string of the molecule is O=C(Cl)c1ccccc1.O=C([PH3+])c1cc(F)cc(Br)c1. The molecule has 0 aliphatic carbocycles. The number of hydrogen-bond donors (Lipinski definition) is 0. The maximum Gasteiger partial charge on any atom is 0.290 e. The van der Waals surface area contributed by atoms with Gasteiger partial charge in [-0.25, -0.2) is 9.18 Å². The van der Waals surface area contributed by atoms with E-state index in [1.54, 1.807) is 30.3 Å². The molecule has 2 nitrogen and oxygen atoms in total. The Kier molecular flexibility index (Phi) is 7.00. The summed E-state index contributed by atoms with van der Waals surface area (Å²) in [4.78, 5) is 21.2. The summed E-state index contributed by atoms with van der Waals surface area (Å²) in [6, 6.07) is 12.9. The predicted molar refractivity (Wildman–Crippen MR) is 86.2 cm³/mol. The van der Waals surface area contributed by atoms with E-state index in [1.165, 1.54) is 21.4 Å². The first-order chi connectivity index (χ1) is 9.40. The first kappa shape index (κ1) is 17.0. The molecule has 0 amide bonds. The Hall–Kier alpha value is -1.09. The molecule has 20 heavy (non-hydrogen) atoms. The molecule has 0 fully saturated rings. The van der Waals surface area contributed by atoms with Gasteiger partial charge >= 0.3 is 0 Å². The molecule has 0 aliphatic rings. The fraction of sp³-hybridized carbons (Fsp3) is 0. The van der Waals surface area contributed by atoms with Crippen LogP contribution in [-0.4, -0.2) is 10.8 Å². The van der Waals surface area contributed by atoms with Crippen LogP contribution in [0, 0.1) is 5.82 Å². The molecule has 0 radical (unpaired) electrons. The minimum absolute atomic E-state index is 0.106. The molecule has 0 saturated carbocycles. The Labute approximate surface area is 131 Å². The molecule has 104 valence electrons. The molecule has 2 rings (SSSR count). The molecule has 1 unspecified atom stereocenters. The highest BCUT2D eigenvalue weighted by Crippen LogP contribution is 2.16. The molecule has 2 aromatic carbocycles. The minimum Gasteiger partial charge on any atom is -0.276 e. The molecule has 2 aromatic rings. The highest BCUT2D eigenvalue weighted by atomic mass is 79.9. The Morgan fingerprint density at radius 1 is 1.05 bits per heavy atom. The fourth-order valence-corrected chi connectivity index (χ4v) is 2.08. The van der Waals surface area contributed by atoms with Gasteiger partial charge in [-0.05, 0) is 29.8 Å². The van der Waals surface area contributed by atoms with Crippen molar-refractivity contribution in [3.8, 4) is 0 Å². The lowest BCUT2D eigenvalue weighted by Crippen LogP contribution is -1.88. The second-order valence-corrected chi connectivity index (χ2v) is 5.62. The molecule has 0 spiro atoms. The van der Waals surface area contributed by atoms with Crippen LogP contribution in [-0.2, 0) is 0 Å². The van der Waals surface area contributed by atoms with Crippen LogP contribution in [0.25, 0.3) is 0 Å². The highest BCUT2D eigenvalue weighted by molar-refractivity contribution is 9.10. The summed E-state index contributed by atoms with van der Waals surface area (Å²) < 4.78 is 13.2. The van der Waals surface area contributed by atoms with E-state index in [4.69, 9.17) is 11.6 Å². The quantitative estimate of drug-likeness (QED) is 0.575. The zero-order chi connectivity index (χ0) is 15.1. The van der Waals surface area contributed by atoms with Crippen LogP contribution in [0.4, 0.5) is 4.39 Å². The largest absolute Gasteiger partial charge is 0.290 e. The Morgan fingerprint density at radius 3 is 2.05 bits per heavy atom. The van der Waals surface area contributed by atoms with Gasteiger partial charge in [0.05, 0.1) is 5.56 Å². The molecular formula is C14H11BrClFO2P+. The molecule has 6 heteroatoms. The van der Waals surface area contributed by atoms with Gasteiger partial charge in [0.15, 0.2) is 0 Å². The first-order valence-electron chi connectivity index (χ1n) is 5.47. The fourth-order valence-electron chi connectivity index (χ4n) is 1.28. The summed E-state index contributed by atoms with van der Waals surface area (Å²) in [5, 5.41) is -0.407. The normalized spacial score (nSPS) is 9.55. The van der Waals surface area contributed by atoms with E-state index in [1.807, 2.05) is 6.07 Å². The first-order valence-corrected chi connectivity index (χ1v) is 7.35. The zero-order valence-electron chi connectivity index (χ0n) is 10.3. The van der Waals surface area contributed by atoms with Crippen LogP contribution in [0.2, 0.25) is 0 Å².